The van der Waals surface area contributed by atoms with Gasteiger partial charge in [0.25, 0.3) is 0 Å². The van der Waals surface area contributed by atoms with Crippen LogP contribution in [0.4, 0.5) is 5.82 Å². The number of ether oxygens (including phenoxy) is 2. The fourth-order valence-electron chi connectivity index (χ4n) is 6.63. The highest BCUT2D eigenvalue weighted by Gasteiger charge is 2.30. The molecule has 0 spiro atoms. The van der Waals surface area contributed by atoms with Crippen molar-refractivity contribution in [1.29, 1.82) is 0 Å². The number of carboxylic acid groups (broad SMARTS) is 6. The number of benzene rings is 2. The van der Waals surface area contributed by atoms with E-state index in [1.807, 2.05) is 42.5 Å². The number of nitrogens with two attached hydrogens (primary N) is 1. The molecule has 3 heterocycles. The smallest absolute Gasteiger partial charge is 0.328 e. The predicted octanol–water partition coefficient (Wildman–Crippen LogP) is 4.36. The zero-order chi connectivity index (χ0) is 46.3. The fourth-order valence-corrected chi connectivity index (χ4v) is 6.63. The zero-order valence-electron chi connectivity index (χ0n) is 34.3. The Labute approximate surface area is 361 Å². The van der Waals surface area contributed by atoms with Crippen molar-refractivity contribution in [3.8, 4) is 22.6 Å². The Morgan fingerprint density at radius 3 is 1.57 bits per heavy atom. The van der Waals surface area contributed by atoms with E-state index < -0.39 is 35.8 Å². The molecular formula is C43H50N6O14. The Bertz CT molecular complexity index is 2100. The summed E-state index contributed by atoms with van der Waals surface area (Å²) in [7, 11) is 1.78. The number of hydrogen-bond acceptors (Lipinski definition) is 13. The summed E-state index contributed by atoms with van der Waals surface area (Å²) in [5, 5.41) is 47.8. The van der Waals surface area contributed by atoms with Gasteiger partial charge in [0.2, 0.25) is 0 Å². The minimum Gasteiger partial charge on any atom is -0.478 e. The first kappa shape index (κ1) is 49.9. The molecule has 20 nitrogen and oxygen atoms in total. The van der Waals surface area contributed by atoms with Crippen LogP contribution in [0.2, 0.25) is 0 Å². The number of carbonyl (C=O) groups is 6. The normalized spacial score (nSPS) is 16.5. The first-order valence-electron chi connectivity index (χ1n) is 19.4. The van der Waals surface area contributed by atoms with Gasteiger partial charge in [-0.3, -0.25) is 9.80 Å². The lowest BCUT2D eigenvalue weighted by Gasteiger charge is -2.42. The first-order chi connectivity index (χ1) is 30.1. The van der Waals surface area contributed by atoms with Crippen molar-refractivity contribution in [3.63, 3.8) is 0 Å². The zero-order valence-corrected chi connectivity index (χ0v) is 34.3. The lowest BCUT2D eigenvalue weighted by atomic mass is 9.89. The summed E-state index contributed by atoms with van der Waals surface area (Å²) in [6, 6.07) is 19.1. The number of piperazine rings is 1. The number of rotatable bonds is 14. The molecule has 2 aromatic heterocycles. The Morgan fingerprint density at radius 2 is 1.11 bits per heavy atom. The van der Waals surface area contributed by atoms with E-state index in [4.69, 9.17) is 50.8 Å². The molecule has 336 valence electrons. The molecule has 1 aliphatic heterocycles. The average molecular weight is 875 g/mol. The van der Waals surface area contributed by atoms with Crippen molar-refractivity contribution >= 4 is 52.7 Å². The molecule has 1 aliphatic carbocycles. The highest BCUT2D eigenvalue weighted by Crippen LogP contribution is 2.39. The molecule has 6 rings (SSSR count). The summed E-state index contributed by atoms with van der Waals surface area (Å²) in [4.78, 5) is 71.6. The van der Waals surface area contributed by atoms with E-state index in [9.17, 15) is 28.8 Å². The number of hydrogen-bond donors (Lipinski definition) is 7. The number of aromatic nitrogens is 3. The van der Waals surface area contributed by atoms with E-state index in [1.165, 1.54) is 12.8 Å². The van der Waals surface area contributed by atoms with E-state index in [1.54, 1.807) is 13.4 Å². The topological polar surface area (TPSA) is 305 Å². The third-order valence-electron chi connectivity index (χ3n) is 9.48. The third kappa shape index (κ3) is 18.0. The SMILES string of the molecule is COCCN1CCN([C@H]2CC[C@H](n3cc(-c4ccc(Oc5ccccc5)cc4)c4c(N)ncnc43)CC2)CC1.O=C(O)/C=C\C(=O)O.O=C(O)/C=C\C(=O)O.O=C(O)/C=C\C(=O)O. The molecule has 8 N–H and O–H groups in total. The number of aliphatic carboxylic acids is 6. The Morgan fingerprint density at radius 1 is 0.651 bits per heavy atom. The van der Waals surface area contributed by atoms with Gasteiger partial charge in [0.1, 0.15) is 29.3 Å². The summed E-state index contributed by atoms with van der Waals surface area (Å²) in [5.74, 6) is -5.39. The second-order valence-corrected chi connectivity index (χ2v) is 13.7. The molecule has 0 atom stereocenters. The number of para-hydroxylation sites is 1. The molecule has 2 aliphatic rings. The van der Waals surface area contributed by atoms with E-state index in [0.717, 1.165) is 85.8 Å². The van der Waals surface area contributed by atoms with Crippen molar-refractivity contribution in [2.24, 2.45) is 0 Å². The van der Waals surface area contributed by atoms with Gasteiger partial charge in [-0.1, -0.05) is 30.3 Å². The van der Waals surface area contributed by atoms with Crippen LogP contribution in [-0.2, 0) is 33.5 Å². The monoisotopic (exact) mass is 874 g/mol. The summed E-state index contributed by atoms with van der Waals surface area (Å²) in [5.41, 5.74) is 9.51. The van der Waals surface area contributed by atoms with Crippen LogP contribution < -0.4 is 10.5 Å². The number of fused-ring (bicyclic) bond motifs is 1. The van der Waals surface area contributed by atoms with Gasteiger partial charge in [-0.05, 0) is 55.5 Å². The van der Waals surface area contributed by atoms with E-state index in [0.29, 0.717) is 54.4 Å². The minimum absolute atomic E-state index is 0.412. The molecule has 1 saturated heterocycles. The molecule has 0 amide bonds. The van der Waals surface area contributed by atoms with E-state index in [-0.39, 0.29) is 0 Å². The lowest BCUT2D eigenvalue weighted by Crippen LogP contribution is -2.51. The highest BCUT2D eigenvalue weighted by molar-refractivity contribution is 6.00. The number of methoxy groups -OCH3 is 1. The maximum atomic E-state index is 9.55. The maximum Gasteiger partial charge on any atom is 0.328 e. The molecule has 63 heavy (non-hydrogen) atoms. The molecule has 4 aromatic rings. The van der Waals surface area contributed by atoms with Gasteiger partial charge in [-0.15, -0.1) is 0 Å². The summed E-state index contributed by atoms with van der Waals surface area (Å²) in [6.45, 7) is 6.44. The van der Waals surface area contributed by atoms with Crippen LogP contribution >= 0.6 is 0 Å². The lowest BCUT2D eigenvalue weighted by molar-refractivity contribution is -0.134. The second kappa shape index (κ2) is 26.0. The molecule has 2 aromatic carbocycles. The molecule has 20 heteroatoms. The number of carboxylic acids is 6. The van der Waals surface area contributed by atoms with Crippen LogP contribution in [0.5, 0.6) is 11.5 Å². The van der Waals surface area contributed by atoms with Crippen molar-refractivity contribution in [2.75, 3.05) is 52.2 Å². The summed E-state index contributed by atoms with van der Waals surface area (Å²) >= 11 is 0. The maximum absolute atomic E-state index is 9.55. The number of nitrogen functional groups attached to an aromatic ring is 1. The van der Waals surface area contributed by atoms with Gasteiger partial charge in [0, 0.05) is 100 Å². The van der Waals surface area contributed by atoms with Crippen LogP contribution in [0, 0.1) is 0 Å². The van der Waals surface area contributed by atoms with Gasteiger partial charge >= 0.3 is 35.8 Å². The quantitative estimate of drug-likeness (QED) is 0.0866. The van der Waals surface area contributed by atoms with Crippen molar-refractivity contribution < 1.29 is 68.9 Å². The molecule has 1 saturated carbocycles. The second-order valence-electron chi connectivity index (χ2n) is 13.7. The molecule has 2 fully saturated rings. The third-order valence-corrected chi connectivity index (χ3v) is 9.48. The van der Waals surface area contributed by atoms with E-state index in [2.05, 4.69) is 37.7 Å². The van der Waals surface area contributed by atoms with Crippen molar-refractivity contribution in [2.45, 2.75) is 37.8 Å². The molecular weight excluding hydrogens is 825 g/mol. The standard InChI is InChI=1S/C31H38N6O2.3C4H4O4/c1-38-20-19-35-15-17-36(18-16-35)24-9-11-25(12-10-24)37-21-28(29-30(32)33-22-34-31(29)37)23-7-13-27(14-8-23)39-26-5-3-2-4-6-26;3*5-3(6)1-2-4(7)8/h2-8,13-14,21-22,24-25H,9-12,15-20H2,1H3,(H2,32,33,34);3*1-2H,(H,5,6)(H,7,8)/b;3*2-1-/t24-,25-;;;. The Kier molecular flexibility index (Phi) is 20.6. The minimum atomic E-state index is -1.26. The average Bonchev–Trinajstić information content (AvgIpc) is 3.66. The van der Waals surface area contributed by atoms with Crippen LogP contribution in [0.3, 0.4) is 0 Å². The fraction of sp³-hybridized carbons (Fsp3) is 0.302. The van der Waals surface area contributed by atoms with Gasteiger partial charge in [0.05, 0.1) is 12.0 Å². The number of anilines is 1. The largest absolute Gasteiger partial charge is 0.478 e. The number of nitrogens with zero attached hydrogens (tertiary/aromatic N) is 5. The van der Waals surface area contributed by atoms with Crippen LogP contribution in [0.25, 0.3) is 22.2 Å². The summed E-state index contributed by atoms with van der Waals surface area (Å²) in [6.07, 6.45) is 11.9. The van der Waals surface area contributed by atoms with Crippen LogP contribution in [-0.4, -0.2) is 143 Å². The summed E-state index contributed by atoms with van der Waals surface area (Å²) < 4.78 is 13.6. The molecule has 0 radical (unpaired) electrons. The van der Waals surface area contributed by atoms with Crippen molar-refractivity contribution in [1.82, 2.24) is 24.3 Å². The van der Waals surface area contributed by atoms with Gasteiger partial charge in [0.15, 0.2) is 0 Å². The van der Waals surface area contributed by atoms with Gasteiger partial charge in [-0.2, -0.15) is 0 Å². The van der Waals surface area contributed by atoms with Crippen LogP contribution in [0.1, 0.15) is 31.7 Å². The molecule has 0 bridgehead atoms. The Balaban J connectivity index is 0.000000360. The molecule has 0 unspecified atom stereocenters. The van der Waals surface area contributed by atoms with Crippen LogP contribution in [0.15, 0.2) is 104 Å². The highest BCUT2D eigenvalue weighted by atomic mass is 16.5. The Hall–Kier alpha value is -7.42. The van der Waals surface area contributed by atoms with E-state index >= 15 is 0 Å². The van der Waals surface area contributed by atoms with Crippen molar-refractivity contribution in [3.05, 3.63) is 104 Å². The predicted molar refractivity (Wildman–Crippen MR) is 228 cm³/mol. The first-order valence-corrected chi connectivity index (χ1v) is 19.4. The van der Waals surface area contributed by atoms with Gasteiger partial charge < -0.3 is 50.4 Å². The van der Waals surface area contributed by atoms with Gasteiger partial charge in [-0.25, -0.2) is 38.7 Å².